The smallest absolute Gasteiger partial charge is 0.289 e. The molecule has 9 aliphatic rings. The molecule has 23 bridgehead atoms. The van der Waals surface area contributed by atoms with E-state index in [2.05, 4.69) is 172 Å². The maximum atomic E-state index is 13.6. The minimum Gasteiger partial charge on any atom is -0.347 e. The molecule has 0 spiro atoms. The summed E-state index contributed by atoms with van der Waals surface area (Å²) >= 11 is 0. The van der Waals surface area contributed by atoms with E-state index in [1.54, 1.807) is 104 Å². The van der Waals surface area contributed by atoms with Gasteiger partial charge in [0, 0.05) is 84.1 Å². The number of carbonyl (C=O) groups is 9. The highest BCUT2D eigenvalue weighted by atomic mass is 16.2. The summed E-state index contributed by atoms with van der Waals surface area (Å²) in [4.78, 5) is 132. The fourth-order valence-electron chi connectivity index (χ4n) is 17.8. The number of carbonyl (C=O) groups excluding carboxylic acids is 9. The van der Waals surface area contributed by atoms with E-state index in [4.69, 9.17) is 10.2 Å². The average molecular weight is 1860 g/mol. The molecule has 1 fully saturated rings. The molecule has 16 aromatic rings. The quantitative estimate of drug-likeness (QED) is 0.0586. The van der Waals surface area contributed by atoms with Crippen LogP contribution in [0.15, 0.2) is 317 Å². The number of Topliss-reactive ketones (excluding diaryl/α,β-unsaturated/α-hetero) is 1. The molecule has 0 saturated heterocycles. The molecule has 26 nitrogen and oxygen atoms in total. The van der Waals surface area contributed by atoms with Crippen LogP contribution in [0.5, 0.6) is 0 Å². The molecule has 4 atom stereocenters. The number of nitrogens with one attached hydrogen (secondary N) is 5. The molecule has 16 heterocycles. The average Bonchev–Trinajstić information content (AvgIpc) is 1.65. The van der Waals surface area contributed by atoms with Crippen LogP contribution in [-0.4, -0.2) is 143 Å². The number of aryl methyl sites for hydroxylation is 6. The van der Waals surface area contributed by atoms with Crippen molar-refractivity contribution in [3.63, 3.8) is 0 Å². The highest BCUT2D eigenvalue weighted by molar-refractivity contribution is 6.38. The highest BCUT2D eigenvalue weighted by Gasteiger charge is 2.34. The second-order valence-electron chi connectivity index (χ2n) is 35.9. The third-order valence-electron chi connectivity index (χ3n) is 25.5. The van der Waals surface area contributed by atoms with E-state index in [9.17, 15) is 43.2 Å². The molecule has 0 radical (unpaired) electrons. The van der Waals surface area contributed by atoms with Gasteiger partial charge in [0.1, 0.15) is 24.9 Å². The topological polar surface area (TPSA) is 337 Å². The van der Waals surface area contributed by atoms with Gasteiger partial charge in [-0.25, -0.2) is 38.7 Å². The summed E-state index contributed by atoms with van der Waals surface area (Å²) in [7, 11) is 0. The Bertz CT molecular complexity index is 7190. The van der Waals surface area contributed by atoms with Gasteiger partial charge in [-0.15, -0.1) is 0 Å². The van der Waals surface area contributed by atoms with Crippen molar-refractivity contribution < 1.29 is 43.2 Å². The van der Waals surface area contributed by atoms with Crippen LogP contribution < -0.4 is 26.6 Å². The lowest BCUT2D eigenvalue weighted by atomic mass is 9.98. The number of amides is 5. The standard InChI is InChI=1S/C32H31N5O3.C28H26N4O2.C28H24N4O2.C26H24N4O2/c38-29(32(40)34-25-14-15-25)28-20-23-12-10-21(11-13-23)5-1-2-6-22-7-3-8-24(19-22)27-16-18-37(36-27)30-26(31(39)35-28)9-4-17-33-30;2*33-19-24-18-22-12-10-20(11-13-22)5-1-2-6-21-7-3-8-23(17-21)26-14-16-32(31-26)27-25(28(34)30-24)9-4-15-29-27;31-17-22-15-20-9-7-18(8-10-20)4-1-2-5-19-11-12-24-21(14-19)16-30(29-24)25-23(26(32)28-22)6-3-13-27-25/h3-4,7-13,16-19,25,28H,1-2,5-6,14-15,20H2,(H,34,40)(H,35,39);3-4,7-17,19,24H,1-2,5-6,18H2,(H,30,34);1-4,7-17,19,24H,5-6,18H2,(H,30,34);3,6-14,16-17,22H,1-2,4-5,15H2,(H,28,32)/t28-;2*24-;22-/m0000/s1. The summed E-state index contributed by atoms with van der Waals surface area (Å²) in [6, 6.07) is 80.6. The van der Waals surface area contributed by atoms with Crippen molar-refractivity contribution in [3.8, 4) is 57.0 Å². The van der Waals surface area contributed by atoms with Crippen LogP contribution in [0.3, 0.4) is 0 Å². The van der Waals surface area contributed by atoms with Gasteiger partial charge in [0.15, 0.2) is 23.3 Å². The van der Waals surface area contributed by atoms with Crippen LogP contribution in [0.1, 0.15) is 160 Å². The van der Waals surface area contributed by atoms with Gasteiger partial charge in [0.05, 0.1) is 63.0 Å². The first-order valence-electron chi connectivity index (χ1n) is 47.8. The zero-order chi connectivity index (χ0) is 96.1. The van der Waals surface area contributed by atoms with Crippen LogP contribution in [0.25, 0.3) is 67.9 Å². The fraction of sp³-hybridized carbons (Fsp3) is 0.219. The number of nitrogens with zero attached hydrogens (tertiary/aromatic N) is 12. The Morgan fingerprint density at radius 3 is 1.04 bits per heavy atom. The lowest BCUT2D eigenvalue weighted by Gasteiger charge is -2.19. The molecule has 1 aliphatic carbocycles. The third kappa shape index (κ3) is 24.0. The van der Waals surface area contributed by atoms with E-state index in [1.165, 1.54) is 44.5 Å². The highest BCUT2D eigenvalue weighted by Crippen LogP contribution is 2.30. The Labute approximate surface area is 810 Å². The normalized spacial score (nSPS) is 16.7. The summed E-state index contributed by atoms with van der Waals surface area (Å²) in [6.07, 6.45) is 37.9. The Morgan fingerprint density at radius 1 is 0.321 bits per heavy atom. The molecular formula is C114H105N17O9. The first-order valence-corrected chi connectivity index (χ1v) is 47.8. The molecule has 5 N–H and O–H groups in total. The fourth-order valence-corrected chi connectivity index (χ4v) is 17.8. The van der Waals surface area contributed by atoms with Gasteiger partial charge < -0.3 is 41.0 Å². The van der Waals surface area contributed by atoms with E-state index in [0.29, 0.717) is 59.2 Å². The molecule has 5 amide bonds. The summed E-state index contributed by atoms with van der Waals surface area (Å²) in [5, 5.41) is 33.9. The van der Waals surface area contributed by atoms with Crippen molar-refractivity contribution in [1.82, 2.24) is 85.6 Å². The Balaban J connectivity index is 0.000000124. The third-order valence-corrected chi connectivity index (χ3v) is 25.5. The van der Waals surface area contributed by atoms with Crippen LogP contribution in [0.4, 0.5) is 0 Å². The number of aromatic nitrogens is 12. The summed E-state index contributed by atoms with van der Waals surface area (Å²) in [5.74, 6) is -1.27. The van der Waals surface area contributed by atoms with Gasteiger partial charge in [-0.05, 0) is 286 Å². The van der Waals surface area contributed by atoms with E-state index in [1.807, 2.05) is 116 Å². The number of rotatable bonds is 6. The number of hydrogen-bond acceptors (Lipinski definition) is 17. The van der Waals surface area contributed by atoms with Crippen LogP contribution in [0.2, 0.25) is 0 Å². The molecular weight excluding hydrogens is 1750 g/mol. The largest absolute Gasteiger partial charge is 0.347 e. The second kappa shape index (κ2) is 44.8. The molecule has 1 saturated carbocycles. The van der Waals surface area contributed by atoms with Gasteiger partial charge >= 0.3 is 0 Å². The maximum Gasteiger partial charge on any atom is 0.289 e. The van der Waals surface area contributed by atoms with Gasteiger partial charge in [-0.3, -0.25) is 28.8 Å². The summed E-state index contributed by atoms with van der Waals surface area (Å²) in [6.45, 7) is 0. The SMILES string of the molecule is O=C(NC1CC1)C(=O)[C@@H]1Cc2ccc(cc2)CCCCc2cccc(c2)-c2ccn(n2)-c2ncccc2C(=O)N1.O=C[C@@H]1Cc2ccc(cc2)CC=CCc2cccc(c2)-c2ccn(n2)-c2ncccc2C(=O)N1.O=C[C@@H]1Cc2ccc(cc2)CCCCc2ccc3nn(cc3c2)-c2ncccc2C(=O)N1.O=C[C@@H]1Cc2ccc(cc2)CCCCc2cccc(c2)-c2ccn(n2)-c2ncccc2C(=O)N1. The molecule has 8 aliphatic heterocycles. The van der Waals surface area contributed by atoms with E-state index in [0.717, 1.165) is 189 Å². The van der Waals surface area contributed by atoms with Gasteiger partial charge in [-0.2, -0.15) is 20.4 Å². The van der Waals surface area contributed by atoms with Crippen LogP contribution in [0, 0.1) is 0 Å². The number of fused-ring (bicyclic) bond motifs is 31. The summed E-state index contributed by atoms with van der Waals surface area (Å²) < 4.78 is 6.43. The number of aldehydes is 3. The molecule has 8 aromatic carbocycles. The van der Waals surface area contributed by atoms with Crippen molar-refractivity contribution in [1.29, 1.82) is 0 Å². The molecule has 8 aromatic heterocycles. The predicted molar refractivity (Wildman–Crippen MR) is 536 cm³/mol. The number of hydrogen-bond donors (Lipinski definition) is 5. The predicted octanol–water partition coefficient (Wildman–Crippen LogP) is 16.3. The van der Waals surface area contributed by atoms with E-state index >= 15 is 0 Å². The lowest BCUT2D eigenvalue weighted by Crippen LogP contribution is -2.49. The van der Waals surface area contributed by atoms with Crippen molar-refractivity contribution in [3.05, 3.63) is 406 Å². The lowest BCUT2D eigenvalue weighted by molar-refractivity contribution is -0.139. The first-order chi connectivity index (χ1) is 68.6. The molecule has 25 rings (SSSR count). The molecule has 700 valence electrons. The minimum absolute atomic E-state index is 0.0403. The first kappa shape index (κ1) is 93.6. The van der Waals surface area contributed by atoms with Crippen molar-refractivity contribution in [2.75, 3.05) is 0 Å². The van der Waals surface area contributed by atoms with Crippen molar-refractivity contribution in [2.24, 2.45) is 0 Å². The summed E-state index contributed by atoms with van der Waals surface area (Å²) in [5.41, 5.74) is 21.5. The molecule has 26 heteroatoms. The van der Waals surface area contributed by atoms with Gasteiger partial charge in [0.25, 0.3) is 29.5 Å². The van der Waals surface area contributed by atoms with E-state index < -0.39 is 41.8 Å². The Hall–Kier alpha value is -16.8. The Morgan fingerprint density at radius 2 is 0.650 bits per heavy atom. The molecule has 0 unspecified atom stereocenters. The zero-order valence-electron chi connectivity index (χ0n) is 77.3. The molecule has 140 heavy (non-hydrogen) atoms. The number of ketones is 1. The van der Waals surface area contributed by atoms with E-state index in [-0.39, 0.29) is 35.7 Å². The second-order valence-corrected chi connectivity index (χ2v) is 35.9. The monoisotopic (exact) mass is 1860 g/mol. The minimum atomic E-state index is -1.02. The van der Waals surface area contributed by atoms with Gasteiger partial charge in [0.2, 0.25) is 5.78 Å². The van der Waals surface area contributed by atoms with Gasteiger partial charge in [-0.1, -0.05) is 170 Å². The maximum absolute atomic E-state index is 13.6. The number of allylic oxidation sites excluding steroid dienone is 2. The van der Waals surface area contributed by atoms with Crippen molar-refractivity contribution in [2.45, 2.75) is 159 Å². The Kier molecular flexibility index (Phi) is 30.0. The zero-order valence-corrected chi connectivity index (χ0v) is 77.3. The van der Waals surface area contributed by atoms with Crippen molar-refractivity contribution >= 4 is 65.1 Å². The van der Waals surface area contributed by atoms with Crippen LogP contribution >= 0.6 is 0 Å². The van der Waals surface area contributed by atoms with Crippen LogP contribution in [-0.2, 0) is 101 Å². The number of benzene rings is 8. The number of pyridine rings is 4.